The van der Waals surface area contributed by atoms with Gasteiger partial charge in [-0.15, -0.1) is 15.5 Å². The second-order valence-electron chi connectivity index (χ2n) is 7.32. The first-order chi connectivity index (χ1) is 13.5. The Labute approximate surface area is 178 Å². The largest absolute Gasteiger partial charge is 0.610 e. The maximum Gasteiger partial charge on any atom is 0.391 e. The first-order valence-electron chi connectivity index (χ1n) is 8.75. The van der Waals surface area contributed by atoms with Gasteiger partial charge in [0.05, 0.1) is 22.0 Å². The second kappa shape index (κ2) is 8.83. The zero-order valence-electron chi connectivity index (χ0n) is 15.7. The van der Waals surface area contributed by atoms with E-state index < -0.39 is 71.0 Å². The van der Waals surface area contributed by atoms with Crippen LogP contribution in [0.1, 0.15) is 33.1 Å². The van der Waals surface area contributed by atoms with Crippen molar-refractivity contribution in [3.63, 3.8) is 0 Å². The lowest BCUT2D eigenvalue weighted by molar-refractivity contribution is -0.225. The van der Waals surface area contributed by atoms with E-state index in [-0.39, 0.29) is 14.9 Å². The highest BCUT2D eigenvalue weighted by atomic mass is 35.5. The Balaban J connectivity index is 2.12. The number of amides is 2. The Morgan fingerprint density at radius 2 is 1.67 bits per heavy atom. The van der Waals surface area contributed by atoms with E-state index >= 15 is 0 Å². The summed E-state index contributed by atoms with van der Waals surface area (Å²) in [5, 5.41) is 4.39. The summed E-state index contributed by atoms with van der Waals surface area (Å²) < 4.78 is 103. The van der Waals surface area contributed by atoms with Crippen molar-refractivity contribution in [2.45, 2.75) is 61.6 Å². The molecule has 0 spiro atoms. The highest BCUT2D eigenvalue weighted by Crippen LogP contribution is 2.46. The van der Waals surface area contributed by atoms with Gasteiger partial charge in [-0.3, -0.25) is 5.32 Å². The molecule has 0 radical (unpaired) electrons. The van der Waals surface area contributed by atoms with Crippen molar-refractivity contribution in [2.75, 3.05) is 5.32 Å². The van der Waals surface area contributed by atoms with Crippen LogP contribution in [0.2, 0.25) is 5.02 Å². The number of hydrogen-bond donors (Lipinski definition) is 2. The highest BCUT2D eigenvalue weighted by molar-refractivity contribution is 7.98. The molecule has 3 unspecified atom stereocenters. The molecule has 1 aromatic rings. The number of halogens is 7. The van der Waals surface area contributed by atoms with Crippen LogP contribution in [0.25, 0.3) is 0 Å². The van der Waals surface area contributed by atoms with E-state index in [1.54, 1.807) is 0 Å². The van der Waals surface area contributed by atoms with Crippen molar-refractivity contribution < 1.29 is 39.9 Å². The Bertz CT molecular complexity index is 805. The summed E-state index contributed by atoms with van der Waals surface area (Å²) in [7, 11) is -3.74. The van der Waals surface area contributed by atoms with E-state index in [0.29, 0.717) is 0 Å². The number of thiophene rings is 1. The highest BCUT2D eigenvalue weighted by Gasteiger charge is 2.52. The van der Waals surface area contributed by atoms with Gasteiger partial charge in [0.15, 0.2) is 4.90 Å². The molecular weight excluding hydrogens is 482 g/mol. The predicted octanol–water partition coefficient (Wildman–Crippen LogP) is 5.83. The standard InChI is InChI=1S/C16H19ClF6N2O3S2/c1-7(2)30(27,28)11-6-29-13(12(11)17)25-14(26)24-10-4-8(15(18,19)20)3-9(5-10)16(21,22)23/h6-10H,3-5H2,1-2H3,(H2-,24,25,26,27,28). The number of nitrogens with one attached hydrogen (secondary N) is 2. The molecule has 5 nitrogen and oxygen atoms in total. The van der Waals surface area contributed by atoms with E-state index in [2.05, 4.69) is 10.6 Å². The summed E-state index contributed by atoms with van der Waals surface area (Å²) in [5.74, 6) is -4.40. The number of carbonyl (C=O) groups excluding carboxylic acids is 1. The molecule has 1 saturated carbocycles. The topological polar surface area (TPSA) is 81.3 Å². The summed E-state index contributed by atoms with van der Waals surface area (Å²) in [4.78, 5) is 11.9. The van der Waals surface area contributed by atoms with E-state index in [0.717, 1.165) is 11.3 Å². The molecule has 0 bridgehead atoms. The molecule has 1 fully saturated rings. The van der Waals surface area contributed by atoms with Crippen LogP contribution >= 0.6 is 22.9 Å². The maximum atomic E-state index is 13.0. The molecule has 2 rings (SSSR count). The summed E-state index contributed by atoms with van der Waals surface area (Å²) >= 11 is 6.77. The Kier molecular flexibility index (Phi) is 7.42. The molecule has 14 heteroatoms. The number of carbonyl (C=O) groups is 1. The van der Waals surface area contributed by atoms with Gasteiger partial charge in [0, 0.05) is 11.4 Å². The van der Waals surface area contributed by atoms with Crippen molar-refractivity contribution in [3.05, 3.63) is 10.4 Å². The number of alkyl halides is 6. The third-order valence-electron chi connectivity index (χ3n) is 4.82. The minimum absolute atomic E-state index is 0.0797. The summed E-state index contributed by atoms with van der Waals surface area (Å²) in [6, 6.07) is -2.43. The second-order valence-corrected chi connectivity index (χ2v) is 11.0. The molecule has 172 valence electrons. The molecule has 3 atom stereocenters. The minimum Gasteiger partial charge on any atom is -0.610 e. The molecule has 2 N–H and O–H groups in total. The van der Waals surface area contributed by atoms with Gasteiger partial charge in [0.1, 0.15) is 15.3 Å². The molecule has 30 heavy (non-hydrogen) atoms. The average molecular weight is 501 g/mol. The van der Waals surface area contributed by atoms with E-state index in [1.807, 2.05) is 0 Å². The van der Waals surface area contributed by atoms with Crippen LogP contribution in [0, 0.1) is 11.8 Å². The van der Waals surface area contributed by atoms with Crippen molar-refractivity contribution in [1.82, 2.24) is 5.32 Å². The third kappa shape index (κ3) is 5.80. The quantitative estimate of drug-likeness (QED) is 0.403. The van der Waals surface area contributed by atoms with Gasteiger partial charge >= 0.3 is 18.4 Å². The number of sulfone groups is 1. The van der Waals surface area contributed by atoms with E-state index in [9.17, 15) is 39.9 Å². The maximum absolute atomic E-state index is 13.0. The smallest absolute Gasteiger partial charge is 0.391 e. The van der Waals surface area contributed by atoms with Gasteiger partial charge in [-0.1, -0.05) is 11.6 Å². The third-order valence-corrected chi connectivity index (χ3v) is 8.66. The lowest BCUT2D eigenvalue weighted by Gasteiger charge is -2.36. The van der Waals surface area contributed by atoms with Crippen molar-refractivity contribution in [3.8, 4) is 0 Å². The van der Waals surface area contributed by atoms with Crippen LogP contribution in [0.4, 0.5) is 36.1 Å². The minimum atomic E-state index is -4.82. The lowest BCUT2D eigenvalue weighted by atomic mass is 9.78. The number of urea groups is 1. The molecule has 0 saturated heterocycles. The normalized spacial score (nSPS) is 25.1. The lowest BCUT2D eigenvalue weighted by Crippen LogP contribution is -2.48. The van der Waals surface area contributed by atoms with Crippen LogP contribution in [-0.4, -0.2) is 34.2 Å². The Morgan fingerprint density at radius 3 is 2.10 bits per heavy atom. The zero-order valence-corrected chi connectivity index (χ0v) is 18.1. The van der Waals surface area contributed by atoms with Gasteiger partial charge in [-0.05, 0) is 33.1 Å². The molecular formula is C16H19ClF6N2O3S2. The van der Waals surface area contributed by atoms with Gasteiger partial charge in [0.25, 0.3) is 0 Å². The molecule has 1 aliphatic carbocycles. The van der Waals surface area contributed by atoms with Gasteiger partial charge in [-0.25, -0.2) is 4.79 Å². The van der Waals surface area contributed by atoms with Crippen LogP contribution in [0.3, 0.4) is 0 Å². The fourth-order valence-electron chi connectivity index (χ4n) is 3.15. The van der Waals surface area contributed by atoms with E-state index in [1.165, 1.54) is 19.2 Å². The first-order valence-corrected chi connectivity index (χ1v) is 11.6. The number of rotatable bonds is 4. The van der Waals surface area contributed by atoms with Crippen LogP contribution in [0.5, 0.6) is 0 Å². The SMILES string of the molecule is CC(C)[S+](=O)([O-])c1csc(NC(=O)NC2CC(C(F)(F)F)CC(C(F)(F)F)C2)c1Cl. The fourth-order valence-corrected chi connectivity index (χ4v) is 6.09. The molecule has 0 aromatic carbocycles. The summed E-state index contributed by atoms with van der Waals surface area (Å²) in [5.41, 5.74) is 0. The van der Waals surface area contributed by atoms with Gasteiger partial charge in [0.2, 0.25) is 0 Å². The number of hydrogen-bond acceptors (Lipinski definition) is 4. The van der Waals surface area contributed by atoms with E-state index in [4.69, 9.17) is 11.6 Å². The molecule has 2 amide bonds. The number of anilines is 1. The van der Waals surface area contributed by atoms with Gasteiger partial charge < -0.3 is 9.87 Å². The molecule has 1 aromatic heterocycles. The zero-order chi connectivity index (χ0) is 23.1. The first kappa shape index (κ1) is 25.2. The molecule has 0 aliphatic heterocycles. The van der Waals surface area contributed by atoms with Gasteiger partial charge in [-0.2, -0.15) is 26.3 Å². The van der Waals surface area contributed by atoms with Crippen molar-refractivity contribution in [2.24, 2.45) is 11.8 Å². The average Bonchev–Trinajstić information content (AvgIpc) is 2.94. The monoisotopic (exact) mass is 500 g/mol. The fraction of sp³-hybridized carbons (Fsp3) is 0.688. The van der Waals surface area contributed by atoms with Crippen molar-refractivity contribution in [1.29, 1.82) is 0 Å². The van der Waals surface area contributed by atoms with Crippen molar-refractivity contribution >= 4 is 44.2 Å². The summed E-state index contributed by atoms with van der Waals surface area (Å²) in [6.45, 7) is 2.86. The molecule has 1 heterocycles. The predicted molar refractivity (Wildman–Crippen MR) is 100 cm³/mol. The van der Waals surface area contributed by atoms with Crippen LogP contribution in [0.15, 0.2) is 10.3 Å². The van der Waals surface area contributed by atoms with Crippen LogP contribution in [-0.2, 0) is 14.4 Å². The summed E-state index contributed by atoms with van der Waals surface area (Å²) in [6.07, 6.45) is -12.1. The molecule has 1 aliphatic rings. The van der Waals surface area contributed by atoms with Crippen LogP contribution < -0.4 is 10.6 Å². The Morgan fingerprint density at radius 1 is 1.17 bits per heavy atom. The Hall–Kier alpha value is -1.05.